The van der Waals surface area contributed by atoms with Crippen molar-refractivity contribution in [1.82, 2.24) is 9.97 Å². The van der Waals surface area contributed by atoms with Gasteiger partial charge in [-0.1, -0.05) is 17.8 Å². The molecular weight excluding hydrogens is 188 g/mol. The van der Waals surface area contributed by atoms with Gasteiger partial charge in [-0.3, -0.25) is 0 Å². The molecular formula is C8H10N2O2S. The van der Waals surface area contributed by atoms with E-state index in [9.17, 15) is 5.11 Å². The van der Waals surface area contributed by atoms with Crippen LogP contribution in [0.15, 0.2) is 24.0 Å². The lowest BCUT2D eigenvalue weighted by Gasteiger charge is -2.02. The molecule has 0 saturated heterocycles. The summed E-state index contributed by atoms with van der Waals surface area (Å²) in [6.45, 7) is 3.58. The minimum absolute atomic E-state index is 0.0505. The van der Waals surface area contributed by atoms with E-state index >= 15 is 0 Å². The fraction of sp³-hybridized carbons (Fsp3) is 0.250. The van der Waals surface area contributed by atoms with Crippen LogP contribution in [0, 0.1) is 0 Å². The number of methoxy groups -OCH3 is 1. The Labute approximate surface area is 80.7 Å². The Morgan fingerprint density at radius 2 is 2.54 bits per heavy atom. The molecule has 0 spiro atoms. The van der Waals surface area contributed by atoms with Crippen LogP contribution in [0.4, 0.5) is 0 Å². The van der Waals surface area contributed by atoms with E-state index < -0.39 is 0 Å². The van der Waals surface area contributed by atoms with E-state index in [2.05, 4.69) is 16.5 Å². The monoisotopic (exact) mass is 198 g/mol. The van der Waals surface area contributed by atoms with Crippen LogP contribution in [0.2, 0.25) is 0 Å². The van der Waals surface area contributed by atoms with E-state index in [1.165, 1.54) is 25.1 Å². The van der Waals surface area contributed by atoms with Crippen LogP contribution in [0.5, 0.6) is 11.6 Å². The number of thioether (sulfide) groups is 1. The van der Waals surface area contributed by atoms with E-state index in [0.717, 1.165) is 5.75 Å². The van der Waals surface area contributed by atoms with E-state index in [-0.39, 0.29) is 11.6 Å². The Bertz CT molecular complexity index is 304. The first kappa shape index (κ1) is 9.85. The number of ether oxygens (including phenoxy) is 1. The smallest absolute Gasteiger partial charge is 0.260 e. The van der Waals surface area contributed by atoms with Crippen LogP contribution in [-0.2, 0) is 0 Å². The number of hydrogen-bond donors (Lipinski definition) is 1. The van der Waals surface area contributed by atoms with E-state index in [4.69, 9.17) is 4.74 Å². The summed E-state index contributed by atoms with van der Waals surface area (Å²) < 4.78 is 4.83. The standard InChI is InChI=1S/C8H10N2O2S/c1-3-4-13-8-9-5-6(11)7(10-8)12-2/h3,5,11H,1,4H2,2H3. The van der Waals surface area contributed by atoms with Gasteiger partial charge in [-0.05, 0) is 0 Å². The zero-order valence-corrected chi connectivity index (χ0v) is 8.04. The predicted octanol–water partition coefficient (Wildman–Crippen LogP) is 1.47. The Hall–Kier alpha value is -1.23. The Morgan fingerprint density at radius 1 is 1.77 bits per heavy atom. The second-order valence-corrected chi connectivity index (χ2v) is 3.13. The third-order valence-corrected chi connectivity index (χ3v) is 2.09. The van der Waals surface area contributed by atoms with Crippen LogP contribution in [0.25, 0.3) is 0 Å². The first-order valence-corrected chi connectivity index (χ1v) is 4.60. The molecule has 0 aliphatic carbocycles. The van der Waals surface area contributed by atoms with Gasteiger partial charge in [0.15, 0.2) is 10.9 Å². The molecule has 0 unspecified atom stereocenters. The molecule has 0 atom stereocenters. The van der Waals surface area contributed by atoms with Gasteiger partial charge in [-0.25, -0.2) is 4.98 Å². The van der Waals surface area contributed by atoms with Gasteiger partial charge in [0.25, 0.3) is 5.88 Å². The molecule has 0 radical (unpaired) electrons. The second-order valence-electron chi connectivity index (χ2n) is 2.15. The highest BCUT2D eigenvalue weighted by molar-refractivity contribution is 7.99. The number of hydrogen-bond acceptors (Lipinski definition) is 5. The molecule has 5 heteroatoms. The van der Waals surface area contributed by atoms with E-state index in [0.29, 0.717) is 5.16 Å². The first-order chi connectivity index (χ1) is 6.27. The molecule has 0 saturated carbocycles. The van der Waals surface area contributed by atoms with Crippen molar-refractivity contribution in [2.45, 2.75) is 5.16 Å². The van der Waals surface area contributed by atoms with Crippen molar-refractivity contribution >= 4 is 11.8 Å². The zero-order chi connectivity index (χ0) is 9.68. The highest BCUT2D eigenvalue weighted by atomic mass is 32.2. The average molecular weight is 198 g/mol. The van der Waals surface area contributed by atoms with Gasteiger partial charge < -0.3 is 9.84 Å². The fourth-order valence-corrected chi connectivity index (χ4v) is 1.24. The number of aromatic hydroxyl groups is 1. The van der Waals surface area contributed by atoms with Gasteiger partial charge in [0.2, 0.25) is 0 Å². The van der Waals surface area contributed by atoms with Crippen LogP contribution in [0.1, 0.15) is 0 Å². The predicted molar refractivity (Wildman–Crippen MR) is 51.2 cm³/mol. The fourth-order valence-electron chi connectivity index (χ4n) is 0.698. The van der Waals surface area contributed by atoms with Crippen molar-refractivity contribution in [2.24, 2.45) is 0 Å². The van der Waals surface area contributed by atoms with Gasteiger partial charge >= 0.3 is 0 Å². The van der Waals surface area contributed by atoms with Crippen LogP contribution in [0.3, 0.4) is 0 Å². The Balaban J connectivity index is 2.79. The molecule has 4 nitrogen and oxygen atoms in total. The van der Waals surface area contributed by atoms with Crippen LogP contribution < -0.4 is 4.74 Å². The molecule has 1 heterocycles. The first-order valence-electron chi connectivity index (χ1n) is 3.61. The quantitative estimate of drug-likeness (QED) is 0.451. The summed E-state index contributed by atoms with van der Waals surface area (Å²) in [6.07, 6.45) is 3.07. The lowest BCUT2D eigenvalue weighted by atomic mass is 10.6. The molecule has 1 rings (SSSR count). The number of nitrogens with zero attached hydrogens (tertiary/aromatic N) is 2. The van der Waals surface area contributed by atoms with Crippen LogP contribution >= 0.6 is 11.8 Å². The van der Waals surface area contributed by atoms with E-state index in [1.54, 1.807) is 6.08 Å². The van der Waals surface area contributed by atoms with Crippen LogP contribution in [-0.4, -0.2) is 27.9 Å². The third kappa shape index (κ3) is 2.62. The third-order valence-electron chi connectivity index (χ3n) is 1.24. The molecule has 0 aromatic carbocycles. The maximum atomic E-state index is 9.18. The summed E-state index contributed by atoms with van der Waals surface area (Å²) in [6, 6.07) is 0. The van der Waals surface area contributed by atoms with Crippen molar-refractivity contribution in [3.8, 4) is 11.6 Å². The lowest BCUT2D eigenvalue weighted by Crippen LogP contribution is -1.92. The molecule has 0 aliphatic heterocycles. The zero-order valence-electron chi connectivity index (χ0n) is 7.23. The summed E-state index contributed by atoms with van der Waals surface area (Å²) in [7, 11) is 1.45. The maximum Gasteiger partial charge on any atom is 0.260 e. The molecule has 1 aromatic rings. The Morgan fingerprint density at radius 3 is 3.15 bits per heavy atom. The molecule has 70 valence electrons. The molecule has 0 bridgehead atoms. The minimum Gasteiger partial charge on any atom is -0.502 e. The highest BCUT2D eigenvalue weighted by Crippen LogP contribution is 2.24. The van der Waals surface area contributed by atoms with E-state index in [1.807, 2.05) is 0 Å². The van der Waals surface area contributed by atoms with Gasteiger partial charge in [0, 0.05) is 5.75 Å². The largest absolute Gasteiger partial charge is 0.502 e. The molecule has 1 aromatic heterocycles. The van der Waals surface area contributed by atoms with Crippen molar-refractivity contribution in [1.29, 1.82) is 0 Å². The van der Waals surface area contributed by atoms with Crippen molar-refractivity contribution in [2.75, 3.05) is 12.9 Å². The van der Waals surface area contributed by atoms with Gasteiger partial charge in [-0.15, -0.1) is 6.58 Å². The molecule has 0 fully saturated rings. The van der Waals surface area contributed by atoms with Gasteiger partial charge in [0.1, 0.15) is 0 Å². The van der Waals surface area contributed by atoms with Crippen molar-refractivity contribution in [3.05, 3.63) is 18.9 Å². The maximum absolute atomic E-state index is 9.18. The molecule has 1 N–H and O–H groups in total. The second kappa shape index (κ2) is 4.71. The lowest BCUT2D eigenvalue weighted by molar-refractivity contribution is 0.352. The summed E-state index contributed by atoms with van der Waals surface area (Å²) in [4.78, 5) is 7.86. The topological polar surface area (TPSA) is 55.2 Å². The molecule has 13 heavy (non-hydrogen) atoms. The molecule has 0 aliphatic rings. The SMILES string of the molecule is C=CCSc1ncc(O)c(OC)n1. The highest BCUT2D eigenvalue weighted by Gasteiger charge is 2.05. The van der Waals surface area contributed by atoms with Gasteiger partial charge in [-0.2, -0.15) is 4.98 Å². The summed E-state index contributed by atoms with van der Waals surface area (Å²) in [5.74, 6) is 0.875. The van der Waals surface area contributed by atoms with Gasteiger partial charge in [0.05, 0.1) is 13.3 Å². The van der Waals surface area contributed by atoms with Crippen molar-refractivity contribution in [3.63, 3.8) is 0 Å². The summed E-state index contributed by atoms with van der Waals surface area (Å²) >= 11 is 1.43. The number of aromatic nitrogens is 2. The minimum atomic E-state index is -0.0505. The van der Waals surface area contributed by atoms with Crippen molar-refractivity contribution < 1.29 is 9.84 Å². The summed E-state index contributed by atoms with van der Waals surface area (Å²) in [5.41, 5.74) is 0. The average Bonchev–Trinajstić information content (AvgIpc) is 2.16. The normalized spacial score (nSPS) is 9.62. The molecule has 0 amide bonds. The number of rotatable bonds is 4. The summed E-state index contributed by atoms with van der Waals surface area (Å²) in [5, 5.41) is 9.75. The Kier molecular flexibility index (Phi) is 3.57.